The summed E-state index contributed by atoms with van der Waals surface area (Å²) in [5.74, 6) is -0.607. The molecule has 2 aromatic rings. The number of amides is 2. The van der Waals surface area contributed by atoms with Crippen molar-refractivity contribution in [3.05, 3.63) is 57.3 Å². The molecular formula is C24H29ClN4O5. The fourth-order valence-corrected chi connectivity index (χ4v) is 3.43. The number of nitrogens with zero attached hydrogens (tertiary/aromatic N) is 3. The number of carbonyl (C=O) groups is 2. The van der Waals surface area contributed by atoms with E-state index in [1.54, 1.807) is 62.9 Å². The van der Waals surface area contributed by atoms with Crippen molar-refractivity contribution < 1.29 is 19.4 Å². The lowest BCUT2D eigenvalue weighted by atomic mass is 10.1. The predicted molar refractivity (Wildman–Crippen MR) is 130 cm³/mol. The molecule has 0 fully saturated rings. The molecule has 1 aliphatic heterocycles. The highest BCUT2D eigenvalue weighted by Gasteiger charge is 2.26. The van der Waals surface area contributed by atoms with Gasteiger partial charge in [-0.1, -0.05) is 23.7 Å². The molecule has 2 N–H and O–H groups in total. The lowest BCUT2D eigenvalue weighted by Gasteiger charge is -2.29. The van der Waals surface area contributed by atoms with Gasteiger partial charge in [0.05, 0.1) is 12.3 Å². The number of carbonyl (C=O) groups excluding carboxylic acids is 2. The van der Waals surface area contributed by atoms with E-state index in [2.05, 4.69) is 10.4 Å². The van der Waals surface area contributed by atoms with Crippen LogP contribution in [0.25, 0.3) is 17.0 Å². The molecule has 9 nitrogen and oxygen atoms in total. The lowest BCUT2D eigenvalue weighted by Crippen LogP contribution is -2.42. The Morgan fingerprint density at radius 2 is 1.94 bits per heavy atom. The van der Waals surface area contributed by atoms with E-state index in [1.807, 2.05) is 0 Å². The minimum atomic E-state index is -0.611. The molecule has 0 unspecified atom stereocenters. The summed E-state index contributed by atoms with van der Waals surface area (Å²) in [6.07, 6.45) is 1.64. The number of aliphatic hydroxyl groups excluding tert-OH is 1. The quantitative estimate of drug-likeness (QED) is 0.668. The van der Waals surface area contributed by atoms with Crippen LogP contribution in [0, 0.1) is 0 Å². The molecule has 10 heteroatoms. The molecule has 0 saturated carbocycles. The molecular weight excluding hydrogens is 460 g/mol. The van der Waals surface area contributed by atoms with Gasteiger partial charge in [0.15, 0.2) is 0 Å². The van der Waals surface area contributed by atoms with Crippen molar-refractivity contribution in [3.8, 4) is 11.3 Å². The Morgan fingerprint density at radius 1 is 1.26 bits per heavy atom. The Hall–Kier alpha value is -3.17. The first-order valence-electron chi connectivity index (χ1n) is 11.0. The highest BCUT2D eigenvalue weighted by molar-refractivity contribution is 6.30. The van der Waals surface area contributed by atoms with Crippen molar-refractivity contribution in [1.82, 2.24) is 20.0 Å². The zero-order valence-electron chi connectivity index (χ0n) is 19.7. The first-order valence-corrected chi connectivity index (χ1v) is 11.4. The van der Waals surface area contributed by atoms with Crippen LogP contribution < -0.4 is 10.9 Å². The third-order valence-corrected chi connectivity index (χ3v) is 5.31. The number of aromatic nitrogens is 2. The fourth-order valence-electron chi connectivity index (χ4n) is 3.30. The molecule has 1 aromatic carbocycles. The van der Waals surface area contributed by atoms with E-state index in [0.29, 0.717) is 34.9 Å². The number of benzene rings is 1. The largest absolute Gasteiger partial charge is 0.444 e. The first-order chi connectivity index (χ1) is 16.0. The third-order valence-electron chi connectivity index (χ3n) is 5.06. The Balaban J connectivity index is 1.99. The van der Waals surface area contributed by atoms with E-state index >= 15 is 0 Å². The predicted octanol–water partition coefficient (Wildman–Crippen LogP) is 3.16. The minimum absolute atomic E-state index is 0.101. The summed E-state index contributed by atoms with van der Waals surface area (Å²) in [4.78, 5) is 40.0. The number of aliphatic hydroxyl groups is 1. The van der Waals surface area contributed by atoms with Crippen molar-refractivity contribution in [2.75, 3.05) is 19.7 Å². The first kappa shape index (κ1) is 25.5. The van der Waals surface area contributed by atoms with Crippen molar-refractivity contribution in [2.24, 2.45) is 0 Å². The van der Waals surface area contributed by atoms with Gasteiger partial charge in [-0.25, -0.2) is 9.48 Å². The monoisotopic (exact) mass is 488 g/mol. The van der Waals surface area contributed by atoms with E-state index in [4.69, 9.17) is 16.3 Å². The summed E-state index contributed by atoms with van der Waals surface area (Å²) in [6, 6.07) is 7.79. The van der Waals surface area contributed by atoms with Crippen LogP contribution in [0.3, 0.4) is 0 Å². The van der Waals surface area contributed by atoms with Gasteiger partial charge in [-0.05, 0) is 52.0 Å². The summed E-state index contributed by atoms with van der Waals surface area (Å²) in [5.41, 5.74) is 0.362. The molecule has 3 rings (SSSR count). The normalized spacial score (nSPS) is 14.9. The Bertz CT molecular complexity index is 1150. The van der Waals surface area contributed by atoms with Crippen molar-refractivity contribution >= 4 is 29.3 Å². The van der Waals surface area contributed by atoms with Crippen LogP contribution in [0.1, 0.15) is 44.5 Å². The van der Waals surface area contributed by atoms with Gasteiger partial charge < -0.3 is 20.1 Å². The second-order valence-electron chi connectivity index (χ2n) is 9.10. The molecule has 0 radical (unpaired) electrons. The van der Waals surface area contributed by atoms with Crippen LogP contribution in [-0.2, 0) is 4.74 Å². The molecule has 2 amide bonds. The maximum Gasteiger partial charge on any atom is 0.410 e. The maximum absolute atomic E-state index is 13.2. The Labute approximate surface area is 203 Å². The number of rotatable bonds is 5. The number of nitrogens with one attached hydrogen (secondary N) is 1. The molecule has 1 aromatic heterocycles. The average molecular weight is 489 g/mol. The highest BCUT2D eigenvalue weighted by Crippen LogP contribution is 2.22. The van der Waals surface area contributed by atoms with Crippen LogP contribution in [0.4, 0.5) is 4.79 Å². The second kappa shape index (κ2) is 10.4. The van der Waals surface area contributed by atoms with E-state index in [1.165, 1.54) is 10.7 Å². The molecule has 0 spiro atoms. The van der Waals surface area contributed by atoms with Gasteiger partial charge in [0.2, 0.25) is 0 Å². The molecule has 0 saturated heterocycles. The van der Waals surface area contributed by atoms with E-state index in [0.717, 1.165) is 0 Å². The van der Waals surface area contributed by atoms with Crippen LogP contribution in [0.2, 0.25) is 5.02 Å². The molecule has 182 valence electrons. The van der Waals surface area contributed by atoms with Crippen molar-refractivity contribution in [3.63, 3.8) is 0 Å². The van der Waals surface area contributed by atoms with Crippen molar-refractivity contribution in [1.29, 1.82) is 0 Å². The van der Waals surface area contributed by atoms with Gasteiger partial charge in [0.1, 0.15) is 11.2 Å². The van der Waals surface area contributed by atoms with E-state index in [9.17, 15) is 19.5 Å². The topological polar surface area (TPSA) is 114 Å². The van der Waals surface area contributed by atoms with E-state index in [-0.39, 0.29) is 18.7 Å². The molecule has 2 heterocycles. The molecule has 0 bridgehead atoms. The summed E-state index contributed by atoms with van der Waals surface area (Å²) in [5, 5.41) is 16.9. The average Bonchev–Trinajstić information content (AvgIpc) is 2.78. The van der Waals surface area contributed by atoms with Crippen LogP contribution in [0.5, 0.6) is 0 Å². The fraction of sp³-hybridized carbons (Fsp3) is 0.417. The zero-order chi connectivity index (χ0) is 25.0. The lowest BCUT2D eigenvalue weighted by molar-refractivity contribution is 0.0269. The Morgan fingerprint density at radius 3 is 2.50 bits per heavy atom. The maximum atomic E-state index is 13.2. The standard InChI is InChI=1S/C24H29ClN4O5/c1-15(14-30)26-21(31)19-13-20(16-5-7-17(25)8-6-16)27-29(22(19)32)18-9-11-28(12-10-18)23(33)34-24(2,3)4/h5-9,13,15,30H,10-12,14H2,1-4H3,(H,26,31)/t15-/m0/s1. The highest BCUT2D eigenvalue weighted by atomic mass is 35.5. The minimum Gasteiger partial charge on any atom is -0.444 e. The van der Waals surface area contributed by atoms with E-state index < -0.39 is 29.2 Å². The molecule has 0 aliphatic carbocycles. The summed E-state index contributed by atoms with van der Waals surface area (Å²) in [6.45, 7) is 7.34. The van der Waals surface area contributed by atoms with Gasteiger partial charge >= 0.3 is 6.09 Å². The van der Waals surface area contributed by atoms with Gasteiger partial charge in [-0.2, -0.15) is 5.10 Å². The zero-order valence-corrected chi connectivity index (χ0v) is 20.4. The van der Waals surface area contributed by atoms with Gasteiger partial charge in [-0.3, -0.25) is 9.59 Å². The van der Waals surface area contributed by atoms with Crippen molar-refractivity contribution in [2.45, 2.75) is 45.8 Å². The van der Waals surface area contributed by atoms with Crippen LogP contribution >= 0.6 is 11.6 Å². The SMILES string of the molecule is C[C@@H](CO)NC(=O)c1cc(-c2ccc(Cl)cc2)nn(C2=CCN(C(=O)OC(C)(C)C)CC2)c1=O. The summed E-state index contributed by atoms with van der Waals surface area (Å²) in [7, 11) is 0. The molecule has 1 atom stereocenters. The van der Waals surface area contributed by atoms with Gasteiger partial charge in [-0.15, -0.1) is 0 Å². The summed E-state index contributed by atoms with van der Waals surface area (Å²) >= 11 is 6.00. The third kappa shape index (κ3) is 6.24. The van der Waals surface area contributed by atoms with Gasteiger partial charge in [0, 0.05) is 41.8 Å². The number of hydrogen-bond acceptors (Lipinski definition) is 6. The Kier molecular flexibility index (Phi) is 7.78. The van der Waals surface area contributed by atoms with Crippen LogP contribution in [-0.4, -0.2) is 63.1 Å². The number of ether oxygens (including phenoxy) is 1. The van der Waals surface area contributed by atoms with Crippen LogP contribution in [0.15, 0.2) is 41.2 Å². The smallest absolute Gasteiger partial charge is 0.410 e. The number of hydrogen-bond donors (Lipinski definition) is 2. The van der Waals surface area contributed by atoms with Gasteiger partial charge in [0.25, 0.3) is 11.5 Å². The second-order valence-corrected chi connectivity index (χ2v) is 9.53. The molecule has 1 aliphatic rings. The summed E-state index contributed by atoms with van der Waals surface area (Å²) < 4.78 is 6.62. The molecule has 34 heavy (non-hydrogen) atoms. The number of halogens is 1.